The summed E-state index contributed by atoms with van der Waals surface area (Å²) in [6.07, 6.45) is 10.2. The van der Waals surface area contributed by atoms with E-state index >= 15 is 0 Å². The Balaban J connectivity index is 1.31. The maximum Gasteiger partial charge on any atom is 0.222 e. The second-order valence-corrected chi connectivity index (χ2v) is 8.06. The van der Waals surface area contributed by atoms with Crippen molar-refractivity contribution in [3.05, 3.63) is 0 Å². The van der Waals surface area contributed by atoms with Gasteiger partial charge in [0.15, 0.2) is 0 Å². The van der Waals surface area contributed by atoms with Crippen molar-refractivity contribution in [1.82, 2.24) is 9.80 Å². The summed E-state index contributed by atoms with van der Waals surface area (Å²) < 4.78 is 0. The molecule has 25 heavy (non-hydrogen) atoms. The van der Waals surface area contributed by atoms with Gasteiger partial charge >= 0.3 is 0 Å². The summed E-state index contributed by atoms with van der Waals surface area (Å²) in [6.45, 7) is 3.05. The van der Waals surface area contributed by atoms with Crippen LogP contribution in [0.15, 0.2) is 0 Å². The van der Waals surface area contributed by atoms with Crippen LogP contribution in [-0.4, -0.2) is 53.6 Å². The number of fused-ring (bicyclic) bond motifs is 1. The summed E-state index contributed by atoms with van der Waals surface area (Å²) in [6, 6.07) is 0. The number of carbonyl (C=O) groups is 3. The third kappa shape index (κ3) is 5.05. The van der Waals surface area contributed by atoms with Crippen LogP contribution in [0.2, 0.25) is 0 Å². The van der Waals surface area contributed by atoms with Gasteiger partial charge in [-0.15, -0.1) is 0 Å². The molecule has 5 nitrogen and oxygen atoms in total. The highest BCUT2D eigenvalue weighted by molar-refractivity contribution is 5.83. The number of ketones is 1. The molecule has 0 aromatic carbocycles. The highest BCUT2D eigenvalue weighted by atomic mass is 16.2. The summed E-state index contributed by atoms with van der Waals surface area (Å²) in [4.78, 5) is 39.7. The van der Waals surface area contributed by atoms with Gasteiger partial charge in [0, 0.05) is 51.9 Å². The summed E-state index contributed by atoms with van der Waals surface area (Å²) in [5.41, 5.74) is 0. The minimum absolute atomic E-state index is 0.142. The van der Waals surface area contributed by atoms with E-state index in [-0.39, 0.29) is 17.6 Å². The van der Waals surface area contributed by atoms with E-state index in [4.69, 9.17) is 0 Å². The highest BCUT2D eigenvalue weighted by Crippen LogP contribution is 2.36. The lowest BCUT2D eigenvalue weighted by molar-refractivity contribution is -0.136. The van der Waals surface area contributed by atoms with Gasteiger partial charge in [-0.25, -0.2) is 0 Å². The van der Waals surface area contributed by atoms with Gasteiger partial charge in [0.25, 0.3) is 0 Å². The van der Waals surface area contributed by atoms with Crippen LogP contribution in [0.5, 0.6) is 0 Å². The van der Waals surface area contributed by atoms with Crippen molar-refractivity contribution in [2.75, 3.05) is 26.2 Å². The molecular formula is C20H32N2O3. The van der Waals surface area contributed by atoms with Gasteiger partial charge in [0.2, 0.25) is 11.8 Å². The molecule has 3 rings (SSSR count). The molecule has 0 radical (unpaired) electrons. The number of amides is 2. The lowest BCUT2D eigenvalue weighted by Crippen LogP contribution is -2.44. The average molecular weight is 348 g/mol. The quantitative estimate of drug-likeness (QED) is 0.718. The fourth-order valence-electron chi connectivity index (χ4n) is 4.70. The van der Waals surface area contributed by atoms with Gasteiger partial charge in [-0.1, -0.05) is 19.3 Å². The minimum atomic E-state index is 0.142. The lowest BCUT2D eigenvalue weighted by Gasteiger charge is -2.41. The Morgan fingerprint density at radius 1 is 0.800 bits per heavy atom. The molecule has 0 aromatic heterocycles. The Labute approximate surface area is 151 Å². The Kier molecular flexibility index (Phi) is 6.49. The van der Waals surface area contributed by atoms with Gasteiger partial charge in [0.1, 0.15) is 5.78 Å². The molecule has 0 spiro atoms. The summed E-state index contributed by atoms with van der Waals surface area (Å²) in [7, 11) is 0. The second kappa shape index (κ2) is 8.81. The predicted octanol–water partition coefficient (Wildman–Crippen LogP) is 2.78. The molecule has 2 saturated heterocycles. The van der Waals surface area contributed by atoms with E-state index in [1.54, 1.807) is 4.90 Å². The highest BCUT2D eigenvalue weighted by Gasteiger charge is 2.32. The number of rotatable bonds is 5. The Morgan fingerprint density at radius 2 is 1.40 bits per heavy atom. The molecule has 1 aliphatic carbocycles. The lowest BCUT2D eigenvalue weighted by atomic mass is 9.75. The fourth-order valence-corrected chi connectivity index (χ4v) is 4.70. The van der Waals surface area contributed by atoms with Crippen molar-refractivity contribution >= 4 is 17.6 Å². The molecule has 2 heterocycles. The van der Waals surface area contributed by atoms with E-state index in [1.807, 2.05) is 0 Å². The molecule has 3 fully saturated rings. The first-order valence-electron chi connectivity index (χ1n) is 10.2. The first-order valence-corrected chi connectivity index (χ1v) is 10.2. The number of Topliss-reactive ketones (excluding diaryl/α,β-unsaturated/α-hetero) is 1. The fraction of sp³-hybridized carbons (Fsp3) is 0.850. The number of piperidine rings is 2. The SMILES string of the molecule is O=C1CCN(C(=O)CCCCC(=O)N2CCC3CCCCC3C2)CC1. The summed E-state index contributed by atoms with van der Waals surface area (Å²) in [5.74, 6) is 2.26. The van der Waals surface area contributed by atoms with Crippen molar-refractivity contribution in [2.24, 2.45) is 11.8 Å². The third-order valence-electron chi connectivity index (χ3n) is 6.35. The number of hydrogen-bond acceptors (Lipinski definition) is 3. The molecule has 0 N–H and O–H groups in total. The largest absolute Gasteiger partial charge is 0.342 e. The Bertz CT molecular complexity index is 495. The minimum Gasteiger partial charge on any atom is -0.342 e. The molecule has 2 atom stereocenters. The van der Waals surface area contributed by atoms with Crippen molar-refractivity contribution in [3.63, 3.8) is 0 Å². The van der Waals surface area contributed by atoms with Crippen LogP contribution in [0.1, 0.15) is 70.6 Å². The van der Waals surface area contributed by atoms with E-state index in [9.17, 15) is 14.4 Å². The molecule has 2 unspecified atom stereocenters. The Hall–Kier alpha value is -1.39. The van der Waals surface area contributed by atoms with Gasteiger partial charge in [0.05, 0.1) is 0 Å². The van der Waals surface area contributed by atoms with Crippen LogP contribution in [-0.2, 0) is 14.4 Å². The normalized spacial score (nSPS) is 27.1. The molecule has 1 saturated carbocycles. The smallest absolute Gasteiger partial charge is 0.222 e. The number of nitrogens with zero attached hydrogens (tertiary/aromatic N) is 2. The molecule has 140 valence electrons. The number of hydrogen-bond donors (Lipinski definition) is 0. The van der Waals surface area contributed by atoms with Crippen LogP contribution in [0, 0.1) is 11.8 Å². The van der Waals surface area contributed by atoms with Gasteiger partial charge < -0.3 is 9.80 Å². The van der Waals surface area contributed by atoms with Gasteiger partial charge in [-0.3, -0.25) is 14.4 Å². The van der Waals surface area contributed by atoms with E-state index in [0.29, 0.717) is 38.8 Å². The predicted molar refractivity (Wildman–Crippen MR) is 95.9 cm³/mol. The van der Waals surface area contributed by atoms with E-state index < -0.39 is 0 Å². The zero-order valence-corrected chi connectivity index (χ0v) is 15.4. The topological polar surface area (TPSA) is 57.7 Å². The first-order chi connectivity index (χ1) is 12.1. The molecule has 5 heteroatoms. The number of likely N-dealkylation sites (tertiary alicyclic amines) is 2. The standard InChI is InChI=1S/C20H32N2O3/c23-18-10-13-21(14-11-18)19(24)7-3-4-8-20(25)22-12-9-16-5-1-2-6-17(16)15-22/h16-17H,1-15H2. The molecule has 3 aliphatic rings. The number of carbonyl (C=O) groups excluding carboxylic acids is 3. The second-order valence-electron chi connectivity index (χ2n) is 8.06. The van der Waals surface area contributed by atoms with Crippen molar-refractivity contribution in [1.29, 1.82) is 0 Å². The number of unbranched alkanes of at least 4 members (excludes halogenated alkanes) is 1. The third-order valence-corrected chi connectivity index (χ3v) is 6.35. The van der Waals surface area contributed by atoms with E-state index in [2.05, 4.69) is 4.90 Å². The van der Waals surface area contributed by atoms with Crippen molar-refractivity contribution in [2.45, 2.75) is 70.6 Å². The van der Waals surface area contributed by atoms with E-state index in [1.165, 1.54) is 32.1 Å². The van der Waals surface area contributed by atoms with Crippen LogP contribution in [0.25, 0.3) is 0 Å². The first kappa shape index (κ1) is 18.4. The monoisotopic (exact) mass is 348 g/mol. The maximum atomic E-state index is 12.4. The molecule has 2 aliphatic heterocycles. The zero-order valence-electron chi connectivity index (χ0n) is 15.4. The van der Waals surface area contributed by atoms with Crippen LogP contribution >= 0.6 is 0 Å². The summed E-state index contributed by atoms with van der Waals surface area (Å²) >= 11 is 0. The molecule has 0 aromatic rings. The molecule has 2 amide bonds. The Morgan fingerprint density at radius 3 is 2.08 bits per heavy atom. The molecule has 0 bridgehead atoms. The van der Waals surface area contributed by atoms with Crippen molar-refractivity contribution in [3.8, 4) is 0 Å². The zero-order chi connectivity index (χ0) is 17.6. The van der Waals surface area contributed by atoms with Crippen LogP contribution < -0.4 is 0 Å². The average Bonchev–Trinajstić information content (AvgIpc) is 2.65. The van der Waals surface area contributed by atoms with E-state index in [0.717, 1.165) is 37.8 Å². The van der Waals surface area contributed by atoms with Crippen LogP contribution in [0.3, 0.4) is 0 Å². The van der Waals surface area contributed by atoms with Crippen molar-refractivity contribution < 1.29 is 14.4 Å². The van der Waals surface area contributed by atoms with Crippen LogP contribution in [0.4, 0.5) is 0 Å². The van der Waals surface area contributed by atoms with Gasteiger partial charge in [-0.05, 0) is 37.5 Å². The molecular weight excluding hydrogens is 316 g/mol. The summed E-state index contributed by atoms with van der Waals surface area (Å²) in [5, 5.41) is 0. The van der Waals surface area contributed by atoms with Gasteiger partial charge in [-0.2, -0.15) is 0 Å². The maximum absolute atomic E-state index is 12.4.